The third-order valence-electron chi connectivity index (χ3n) is 2.34. The number of rotatable bonds is 4. The van der Waals surface area contributed by atoms with E-state index in [4.69, 9.17) is 17.0 Å². The molecule has 19 heavy (non-hydrogen) atoms. The fourth-order valence-corrected chi connectivity index (χ4v) is 2.24. The molecule has 2 rings (SSSR count). The molecule has 1 aromatic carbocycles. The summed E-state index contributed by atoms with van der Waals surface area (Å²) >= 11 is 8.28. The van der Waals surface area contributed by atoms with Gasteiger partial charge in [-0.3, -0.25) is 10.1 Å². The normalized spacial score (nSPS) is 16.2. The SMILES string of the molecule is C=CCOc1ccc(C=C2NC(=S)NC2=O)cc1Br. The zero-order valence-corrected chi connectivity index (χ0v) is 12.3. The second kappa shape index (κ2) is 5.99. The van der Waals surface area contributed by atoms with Crippen LogP contribution in [0.2, 0.25) is 0 Å². The van der Waals surface area contributed by atoms with E-state index in [-0.39, 0.29) is 5.91 Å². The number of hydrogen-bond acceptors (Lipinski definition) is 3. The first kappa shape index (κ1) is 13.8. The molecule has 0 atom stereocenters. The quantitative estimate of drug-likeness (QED) is 0.502. The van der Waals surface area contributed by atoms with E-state index >= 15 is 0 Å². The van der Waals surface area contributed by atoms with E-state index in [1.165, 1.54) is 0 Å². The number of carbonyl (C=O) groups excluding carboxylic acids is 1. The fraction of sp³-hybridized carbons (Fsp3) is 0.0769. The molecule has 0 spiro atoms. The largest absolute Gasteiger partial charge is 0.488 e. The third kappa shape index (κ3) is 3.42. The lowest BCUT2D eigenvalue weighted by molar-refractivity contribution is -0.115. The molecule has 1 aliphatic rings. The van der Waals surface area contributed by atoms with Gasteiger partial charge in [-0.25, -0.2) is 0 Å². The van der Waals surface area contributed by atoms with Gasteiger partial charge in [0.05, 0.1) is 4.47 Å². The number of halogens is 1. The standard InChI is InChI=1S/C13H11BrN2O2S/c1-2-5-18-11-4-3-8(6-9(11)14)7-10-12(17)16-13(19)15-10/h2-4,6-7H,1,5H2,(H2,15,16,17,19). The molecule has 0 bridgehead atoms. The van der Waals surface area contributed by atoms with Crippen molar-refractivity contribution in [3.8, 4) is 5.75 Å². The second-order valence-electron chi connectivity index (χ2n) is 3.76. The topological polar surface area (TPSA) is 50.4 Å². The Labute approximate surface area is 124 Å². The Hall–Kier alpha value is -1.66. The first-order valence-electron chi connectivity index (χ1n) is 5.47. The molecule has 1 aliphatic heterocycles. The van der Waals surface area contributed by atoms with E-state index in [1.54, 1.807) is 12.2 Å². The highest BCUT2D eigenvalue weighted by Gasteiger charge is 2.19. The Kier molecular flexibility index (Phi) is 4.34. The highest BCUT2D eigenvalue weighted by atomic mass is 79.9. The van der Waals surface area contributed by atoms with E-state index in [2.05, 4.69) is 33.1 Å². The van der Waals surface area contributed by atoms with Gasteiger partial charge in [-0.05, 0) is 51.9 Å². The van der Waals surface area contributed by atoms with Crippen molar-refractivity contribution in [2.24, 2.45) is 0 Å². The minimum Gasteiger partial charge on any atom is -0.488 e. The number of carbonyl (C=O) groups is 1. The number of nitrogens with one attached hydrogen (secondary N) is 2. The molecular weight excluding hydrogens is 328 g/mol. The molecule has 0 radical (unpaired) electrons. The Bertz CT molecular complexity index is 584. The van der Waals surface area contributed by atoms with Crippen molar-refractivity contribution >= 4 is 45.2 Å². The number of amides is 1. The summed E-state index contributed by atoms with van der Waals surface area (Å²) in [5.41, 5.74) is 1.29. The summed E-state index contributed by atoms with van der Waals surface area (Å²) in [5.74, 6) is 0.495. The molecule has 1 amide bonds. The van der Waals surface area contributed by atoms with Gasteiger partial charge in [0.25, 0.3) is 5.91 Å². The molecule has 6 heteroatoms. The van der Waals surface area contributed by atoms with Crippen LogP contribution in [0, 0.1) is 0 Å². The van der Waals surface area contributed by atoms with Gasteiger partial charge in [-0.15, -0.1) is 0 Å². The van der Waals surface area contributed by atoms with Crippen LogP contribution in [0.3, 0.4) is 0 Å². The molecule has 0 unspecified atom stereocenters. The van der Waals surface area contributed by atoms with Crippen molar-refractivity contribution in [1.29, 1.82) is 0 Å². The van der Waals surface area contributed by atoms with Crippen LogP contribution in [0.5, 0.6) is 5.75 Å². The minimum atomic E-state index is -0.229. The summed E-state index contributed by atoms with van der Waals surface area (Å²) in [4.78, 5) is 11.5. The van der Waals surface area contributed by atoms with E-state index in [1.807, 2.05) is 18.2 Å². The zero-order valence-electron chi connectivity index (χ0n) is 9.90. The smallest absolute Gasteiger partial charge is 0.273 e. The summed E-state index contributed by atoms with van der Waals surface area (Å²) in [6.45, 7) is 4.03. The molecule has 2 N–H and O–H groups in total. The maximum absolute atomic E-state index is 11.5. The number of benzene rings is 1. The molecule has 1 fully saturated rings. The average molecular weight is 339 g/mol. The van der Waals surface area contributed by atoms with Crippen LogP contribution in [0.15, 0.2) is 41.0 Å². The van der Waals surface area contributed by atoms with Crippen LogP contribution in [0.4, 0.5) is 0 Å². The van der Waals surface area contributed by atoms with Crippen molar-refractivity contribution in [1.82, 2.24) is 10.6 Å². The molecule has 98 valence electrons. The van der Waals surface area contributed by atoms with E-state index in [0.29, 0.717) is 17.4 Å². The maximum atomic E-state index is 11.5. The van der Waals surface area contributed by atoms with E-state index < -0.39 is 0 Å². The van der Waals surface area contributed by atoms with Crippen LogP contribution < -0.4 is 15.4 Å². The molecule has 4 nitrogen and oxygen atoms in total. The summed E-state index contributed by atoms with van der Waals surface area (Å²) in [7, 11) is 0. The van der Waals surface area contributed by atoms with Gasteiger partial charge in [0.2, 0.25) is 0 Å². The number of thiocarbonyl (C=S) groups is 1. The monoisotopic (exact) mass is 338 g/mol. The number of ether oxygens (including phenoxy) is 1. The van der Waals surface area contributed by atoms with Gasteiger partial charge < -0.3 is 10.1 Å². The lowest BCUT2D eigenvalue weighted by Crippen LogP contribution is -2.21. The van der Waals surface area contributed by atoms with Crippen molar-refractivity contribution in [2.45, 2.75) is 0 Å². The lowest BCUT2D eigenvalue weighted by atomic mass is 10.2. The van der Waals surface area contributed by atoms with Crippen LogP contribution in [-0.2, 0) is 4.79 Å². The average Bonchev–Trinajstić information content (AvgIpc) is 2.67. The zero-order chi connectivity index (χ0) is 13.8. The van der Waals surface area contributed by atoms with Crippen molar-refractivity contribution < 1.29 is 9.53 Å². The molecule has 1 heterocycles. The van der Waals surface area contributed by atoms with Crippen LogP contribution >= 0.6 is 28.1 Å². The Morgan fingerprint density at radius 3 is 2.79 bits per heavy atom. The van der Waals surface area contributed by atoms with Gasteiger partial charge in [-0.1, -0.05) is 18.7 Å². The Balaban J connectivity index is 2.20. The summed E-state index contributed by atoms with van der Waals surface area (Å²) in [5, 5.41) is 5.62. The first-order valence-corrected chi connectivity index (χ1v) is 6.67. The number of hydrogen-bond donors (Lipinski definition) is 2. The highest BCUT2D eigenvalue weighted by molar-refractivity contribution is 9.10. The maximum Gasteiger partial charge on any atom is 0.273 e. The van der Waals surface area contributed by atoms with Crippen molar-refractivity contribution in [3.05, 3.63) is 46.6 Å². The first-order chi connectivity index (χ1) is 9.10. The predicted molar refractivity (Wildman–Crippen MR) is 81.7 cm³/mol. The molecule has 1 saturated heterocycles. The minimum absolute atomic E-state index is 0.229. The molecule has 1 aromatic rings. The van der Waals surface area contributed by atoms with E-state index in [9.17, 15) is 4.79 Å². The van der Waals surface area contributed by atoms with Gasteiger partial charge in [-0.2, -0.15) is 0 Å². The molecule has 0 aliphatic carbocycles. The van der Waals surface area contributed by atoms with E-state index in [0.717, 1.165) is 15.8 Å². The van der Waals surface area contributed by atoms with Gasteiger partial charge in [0, 0.05) is 0 Å². The van der Waals surface area contributed by atoms with Gasteiger partial charge in [0.15, 0.2) is 5.11 Å². The predicted octanol–water partition coefficient (Wildman–Crippen LogP) is 2.36. The van der Waals surface area contributed by atoms with Crippen molar-refractivity contribution in [2.75, 3.05) is 6.61 Å². The Morgan fingerprint density at radius 1 is 1.42 bits per heavy atom. The molecular formula is C13H11BrN2O2S. The third-order valence-corrected chi connectivity index (χ3v) is 3.17. The summed E-state index contributed by atoms with van der Waals surface area (Å²) in [6.07, 6.45) is 3.40. The molecule has 0 saturated carbocycles. The fourth-order valence-electron chi connectivity index (χ4n) is 1.52. The second-order valence-corrected chi connectivity index (χ2v) is 5.02. The summed E-state index contributed by atoms with van der Waals surface area (Å²) < 4.78 is 6.26. The van der Waals surface area contributed by atoms with Crippen LogP contribution in [-0.4, -0.2) is 17.6 Å². The van der Waals surface area contributed by atoms with Gasteiger partial charge in [0.1, 0.15) is 18.1 Å². The summed E-state index contributed by atoms with van der Waals surface area (Å²) in [6, 6.07) is 5.54. The molecule has 0 aromatic heterocycles. The van der Waals surface area contributed by atoms with Gasteiger partial charge >= 0.3 is 0 Å². The highest BCUT2D eigenvalue weighted by Crippen LogP contribution is 2.27. The Morgan fingerprint density at radius 2 is 2.21 bits per heavy atom. The van der Waals surface area contributed by atoms with Crippen molar-refractivity contribution in [3.63, 3.8) is 0 Å². The van der Waals surface area contributed by atoms with Crippen LogP contribution in [0.25, 0.3) is 6.08 Å². The van der Waals surface area contributed by atoms with Crippen LogP contribution in [0.1, 0.15) is 5.56 Å². The lowest BCUT2D eigenvalue weighted by Gasteiger charge is -2.06.